The Bertz CT molecular complexity index is 702. The van der Waals surface area contributed by atoms with Gasteiger partial charge in [0.1, 0.15) is 10.8 Å². The lowest BCUT2D eigenvalue weighted by Crippen LogP contribution is -2.46. The van der Waals surface area contributed by atoms with E-state index in [0.717, 1.165) is 5.56 Å². The minimum Gasteiger partial charge on any atom is -0.223 e. The van der Waals surface area contributed by atoms with Gasteiger partial charge in [0.15, 0.2) is 9.84 Å². The van der Waals surface area contributed by atoms with Crippen molar-refractivity contribution < 1.29 is 8.42 Å². The third-order valence-corrected chi connectivity index (χ3v) is 8.02. The average Bonchev–Trinajstić information content (AvgIpc) is 2.67. The van der Waals surface area contributed by atoms with Crippen LogP contribution in [0.5, 0.6) is 0 Å². The monoisotopic (exact) mass is 292 g/mol. The molecular formula is C15H20N2O2S. The predicted molar refractivity (Wildman–Crippen MR) is 77.6 cm³/mol. The van der Waals surface area contributed by atoms with E-state index in [1.807, 2.05) is 46.8 Å². The molecule has 1 aromatic carbocycles. The Kier molecular flexibility index (Phi) is 2.41. The molecule has 1 aliphatic heterocycles. The van der Waals surface area contributed by atoms with E-state index in [1.54, 1.807) is 12.1 Å². The number of azo groups is 1. The van der Waals surface area contributed by atoms with E-state index in [2.05, 4.69) is 10.2 Å². The van der Waals surface area contributed by atoms with Gasteiger partial charge in [-0.05, 0) is 32.9 Å². The minimum absolute atomic E-state index is 0.240. The number of fused-ring (bicyclic) bond motifs is 1. The second-order valence-electron chi connectivity index (χ2n) is 6.95. The van der Waals surface area contributed by atoms with Gasteiger partial charge in [0, 0.05) is 5.41 Å². The van der Waals surface area contributed by atoms with Gasteiger partial charge in [0.25, 0.3) is 0 Å². The van der Waals surface area contributed by atoms with E-state index in [-0.39, 0.29) is 11.5 Å². The van der Waals surface area contributed by atoms with Crippen LogP contribution >= 0.6 is 0 Å². The largest absolute Gasteiger partial charge is 0.223 e. The van der Waals surface area contributed by atoms with Crippen molar-refractivity contribution >= 4 is 9.84 Å². The van der Waals surface area contributed by atoms with Crippen molar-refractivity contribution in [1.29, 1.82) is 0 Å². The first-order valence-electron chi connectivity index (χ1n) is 6.82. The number of hydrogen-bond donors (Lipinski definition) is 0. The standard InChI is InChI=1S/C15H20N2O2S/c1-10-6-8-11(9-7-10)20(18,19)15-12(13(15,2)3)16-17-14(15,4)5/h6-9,12H,1-5H3/t12-,15+/m1/s1. The zero-order valence-corrected chi connectivity index (χ0v) is 13.3. The molecule has 2 aliphatic rings. The van der Waals surface area contributed by atoms with Crippen molar-refractivity contribution in [3.05, 3.63) is 29.8 Å². The Morgan fingerprint density at radius 2 is 1.60 bits per heavy atom. The molecule has 0 N–H and O–H groups in total. The van der Waals surface area contributed by atoms with Crippen molar-refractivity contribution in [1.82, 2.24) is 0 Å². The Labute approximate surface area is 120 Å². The Morgan fingerprint density at radius 1 is 1.05 bits per heavy atom. The van der Waals surface area contributed by atoms with Gasteiger partial charge in [-0.15, -0.1) is 0 Å². The summed E-state index contributed by atoms with van der Waals surface area (Å²) in [5, 5.41) is 8.46. The van der Waals surface area contributed by atoms with Crippen molar-refractivity contribution in [2.75, 3.05) is 0 Å². The lowest BCUT2D eigenvalue weighted by molar-refractivity contribution is 0.383. The molecule has 20 heavy (non-hydrogen) atoms. The fourth-order valence-corrected chi connectivity index (χ4v) is 6.99. The van der Waals surface area contributed by atoms with Gasteiger partial charge in [-0.3, -0.25) is 0 Å². The molecule has 0 unspecified atom stereocenters. The zero-order valence-electron chi connectivity index (χ0n) is 12.5. The number of rotatable bonds is 2. The second-order valence-corrected chi connectivity index (χ2v) is 9.07. The summed E-state index contributed by atoms with van der Waals surface area (Å²) in [6.07, 6.45) is 0. The van der Waals surface area contributed by atoms with Gasteiger partial charge >= 0.3 is 0 Å². The summed E-state index contributed by atoms with van der Waals surface area (Å²) >= 11 is 0. The Hall–Kier alpha value is -1.23. The number of benzene rings is 1. The molecule has 0 aromatic heterocycles. The average molecular weight is 292 g/mol. The quantitative estimate of drug-likeness (QED) is 0.840. The maximum atomic E-state index is 13.2. The highest BCUT2D eigenvalue weighted by atomic mass is 32.2. The number of sulfone groups is 1. The van der Waals surface area contributed by atoms with Crippen LogP contribution < -0.4 is 0 Å². The van der Waals surface area contributed by atoms with E-state index < -0.39 is 20.1 Å². The summed E-state index contributed by atoms with van der Waals surface area (Å²) in [7, 11) is -3.48. The molecule has 4 nitrogen and oxygen atoms in total. The first-order valence-corrected chi connectivity index (χ1v) is 8.31. The zero-order chi connectivity index (χ0) is 15.0. The van der Waals surface area contributed by atoms with Crippen molar-refractivity contribution in [2.45, 2.75) is 55.8 Å². The van der Waals surface area contributed by atoms with Crippen LogP contribution in [-0.2, 0) is 9.84 Å². The maximum absolute atomic E-state index is 13.2. The highest BCUT2D eigenvalue weighted by Crippen LogP contribution is 2.72. The first kappa shape index (κ1) is 13.7. The van der Waals surface area contributed by atoms with Crippen LogP contribution in [0.3, 0.4) is 0 Å². The lowest BCUT2D eigenvalue weighted by Gasteiger charge is -2.30. The summed E-state index contributed by atoms with van der Waals surface area (Å²) in [6, 6.07) is 6.82. The van der Waals surface area contributed by atoms with Crippen LogP contribution in [0.1, 0.15) is 33.3 Å². The molecule has 0 spiro atoms. The van der Waals surface area contributed by atoms with E-state index in [4.69, 9.17) is 0 Å². The molecule has 0 radical (unpaired) electrons. The Morgan fingerprint density at radius 3 is 2.05 bits per heavy atom. The van der Waals surface area contributed by atoms with Crippen molar-refractivity contribution in [3.8, 4) is 0 Å². The van der Waals surface area contributed by atoms with E-state index in [9.17, 15) is 8.42 Å². The SMILES string of the molecule is Cc1ccc(S(=O)(=O)[C@]23[C@H](N=NC2(C)C)C3(C)C)cc1. The molecule has 1 saturated carbocycles. The van der Waals surface area contributed by atoms with E-state index in [0.29, 0.717) is 4.90 Å². The molecule has 0 bridgehead atoms. The Balaban J connectivity index is 2.20. The highest BCUT2D eigenvalue weighted by molar-refractivity contribution is 7.93. The molecule has 2 atom stereocenters. The fourth-order valence-electron chi connectivity index (χ4n) is 4.05. The number of nitrogens with zero attached hydrogens (tertiary/aromatic N) is 2. The third-order valence-electron chi connectivity index (χ3n) is 5.03. The van der Waals surface area contributed by atoms with Gasteiger partial charge < -0.3 is 0 Å². The van der Waals surface area contributed by atoms with Gasteiger partial charge in [0.05, 0.1) is 10.4 Å². The molecule has 3 rings (SSSR count). The first-order chi connectivity index (χ1) is 9.09. The van der Waals surface area contributed by atoms with Crippen LogP contribution in [-0.4, -0.2) is 24.7 Å². The molecule has 0 saturated heterocycles. The van der Waals surface area contributed by atoms with Crippen LogP contribution in [0.4, 0.5) is 0 Å². The maximum Gasteiger partial charge on any atom is 0.189 e. The van der Waals surface area contributed by atoms with Gasteiger partial charge in [0.2, 0.25) is 0 Å². The lowest BCUT2D eigenvalue weighted by atomic mass is 9.93. The van der Waals surface area contributed by atoms with E-state index in [1.165, 1.54) is 0 Å². The van der Waals surface area contributed by atoms with Crippen molar-refractivity contribution in [3.63, 3.8) is 0 Å². The second kappa shape index (κ2) is 3.50. The molecule has 1 fully saturated rings. The molecule has 1 aromatic rings. The third kappa shape index (κ3) is 1.25. The number of aryl methyl sites for hydroxylation is 1. The van der Waals surface area contributed by atoms with Crippen LogP contribution in [0.15, 0.2) is 39.4 Å². The predicted octanol–water partition coefficient (Wildman–Crippen LogP) is 3.16. The van der Waals surface area contributed by atoms with Crippen LogP contribution in [0.25, 0.3) is 0 Å². The molecule has 108 valence electrons. The molecule has 0 amide bonds. The van der Waals surface area contributed by atoms with Crippen LogP contribution in [0, 0.1) is 12.3 Å². The summed E-state index contributed by atoms with van der Waals surface area (Å²) in [5.41, 5.74) is -0.0135. The number of hydrogen-bond acceptors (Lipinski definition) is 4. The van der Waals surface area contributed by atoms with Gasteiger partial charge in [-0.1, -0.05) is 31.5 Å². The topological polar surface area (TPSA) is 58.9 Å². The van der Waals surface area contributed by atoms with Gasteiger partial charge in [-0.2, -0.15) is 10.2 Å². The summed E-state index contributed by atoms with van der Waals surface area (Å²) in [4.78, 5) is 0.374. The highest BCUT2D eigenvalue weighted by Gasteiger charge is 2.87. The molecule has 1 aliphatic carbocycles. The van der Waals surface area contributed by atoms with Crippen LogP contribution in [0.2, 0.25) is 0 Å². The molecule has 5 heteroatoms. The van der Waals surface area contributed by atoms with Gasteiger partial charge in [-0.25, -0.2) is 8.42 Å². The fraction of sp³-hybridized carbons (Fsp3) is 0.600. The van der Waals surface area contributed by atoms with Crippen molar-refractivity contribution in [2.24, 2.45) is 15.6 Å². The summed E-state index contributed by atoms with van der Waals surface area (Å²) in [6.45, 7) is 9.64. The van der Waals surface area contributed by atoms with E-state index >= 15 is 0 Å². The molecular weight excluding hydrogens is 272 g/mol. The summed E-state index contributed by atoms with van der Waals surface area (Å²) < 4.78 is 25.5. The normalized spacial score (nSPS) is 33.0. The smallest absolute Gasteiger partial charge is 0.189 e. The summed E-state index contributed by atoms with van der Waals surface area (Å²) in [5.74, 6) is 0. The minimum atomic E-state index is -3.48. The molecule has 1 heterocycles.